The van der Waals surface area contributed by atoms with Gasteiger partial charge < -0.3 is 9.64 Å². The molecule has 0 unspecified atom stereocenters. The molecule has 0 spiro atoms. The van der Waals surface area contributed by atoms with Crippen molar-refractivity contribution in [2.75, 3.05) is 32.0 Å². The SMILES string of the molecule is C[C@@H]1CN(Cc2ccc(Cl)cc2)CCN1C(=O)COc1ccc(Cl)cc1CCS(=O)(=O)O. The Balaban J connectivity index is 1.55. The molecular weight excluding hydrogens is 475 g/mol. The quantitative estimate of drug-likeness (QED) is 0.557. The third kappa shape index (κ3) is 7.35. The van der Waals surface area contributed by atoms with E-state index in [2.05, 4.69) is 4.90 Å². The molecular formula is C22H26Cl2N2O5S. The van der Waals surface area contributed by atoms with E-state index in [4.69, 9.17) is 32.5 Å². The summed E-state index contributed by atoms with van der Waals surface area (Å²) in [4.78, 5) is 16.9. The maximum absolute atomic E-state index is 12.8. The topological polar surface area (TPSA) is 87.2 Å². The Morgan fingerprint density at radius 3 is 2.47 bits per heavy atom. The van der Waals surface area contributed by atoms with Gasteiger partial charge in [0.15, 0.2) is 6.61 Å². The third-order valence-corrected chi connectivity index (χ3v) is 6.56. The minimum absolute atomic E-state index is 0.0244. The van der Waals surface area contributed by atoms with Crippen LogP contribution in [0, 0.1) is 0 Å². The highest BCUT2D eigenvalue weighted by Gasteiger charge is 2.27. The van der Waals surface area contributed by atoms with Crippen LogP contribution in [0.25, 0.3) is 0 Å². The number of amides is 1. The van der Waals surface area contributed by atoms with Gasteiger partial charge in [-0.05, 0) is 54.8 Å². The van der Waals surface area contributed by atoms with Crippen molar-refractivity contribution in [3.8, 4) is 5.75 Å². The Bertz CT molecular complexity index is 1050. The van der Waals surface area contributed by atoms with E-state index in [1.807, 2.05) is 31.2 Å². The van der Waals surface area contributed by atoms with E-state index in [0.29, 0.717) is 27.9 Å². The average Bonchev–Trinajstić information content (AvgIpc) is 2.72. The van der Waals surface area contributed by atoms with E-state index in [-0.39, 0.29) is 25.0 Å². The first kappa shape index (κ1) is 24.8. The van der Waals surface area contributed by atoms with Crippen molar-refractivity contribution < 1.29 is 22.5 Å². The van der Waals surface area contributed by atoms with Crippen molar-refractivity contribution in [3.63, 3.8) is 0 Å². The number of hydrogen-bond acceptors (Lipinski definition) is 5. The van der Waals surface area contributed by atoms with Gasteiger partial charge in [-0.1, -0.05) is 35.3 Å². The van der Waals surface area contributed by atoms with Crippen LogP contribution in [0.3, 0.4) is 0 Å². The van der Waals surface area contributed by atoms with Crippen molar-refractivity contribution in [1.29, 1.82) is 0 Å². The summed E-state index contributed by atoms with van der Waals surface area (Å²) in [5, 5.41) is 1.12. The first-order valence-corrected chi connectivity index (χ1v) is 12.6. The molecule has 32 heavy (non-hydrogen) atoms. The molecule has 174 valence electrons. The van der Waals surface area contributed by atoms with Crippen LogP contribution in [-0.2, 0) is 27.9 Å². The van der Waals surface area contributed by atoms with Gasteiger partial charge >= 0.3 is 0 Å². The molecule has 1 heterocycles. The molecule has 0 bridgehead atoms. The first-order valence-electron chi connectivity index (χ1n) is 10.2. The molecule has 1 fully saturated rings. The number of carbonyl (C=O) groups is 1. The van der Waals surface area contributed by atoms with Crippen molar-refractivity contribution in [1.82, 2.24) is 9.80 Å². The number of aryl methyl sites for hydroxylation is 1. The molecule has 10 heteroatoms. The minimum Gasteiger partial charge on any atom is -0.483 e. The third-order valence-electron chi connectivity index (χ3n) is 5.35. The highest BCUT2D eigenvalue weighted by molar-refractivity contribution is 7.85. The fourth-order valence-corrected chi connectivity index (χ4v) is 4.54. The van der Waals surface area contributed by atoms with Crippen molar-refractivity contribution >= 4 is 39.2 Å². The Morgan fingerprint density at radius 2 is 1.81 bits per heavy atom. The van der Waals surface area contributed by atoms with E-state index in [1.54, 1.807) is 23.1 Å². The standard InChI is InChI=1S/C22H26Cl2N2O5S/c1-16-13-25(14-17-2-4-19(23)5-3-17)9-10-26(16)22(27)15-31-21-7-6-20(24)12-18(21)8-11-32(28,29)30/h2-7,12,16H,8-11,13-15H2,1H3,(H,28,29,30)/t16-/m1/s1. The van der Waals surface area contributed by atoms with E-state index < -0.39 is 15.9 Å². The molecule has 0 radical (unpaired) electrons. The van der Waals surface area contributed by atoms with Gasteiger partial charge in [-0.15, -0.1) is 0 Å². The molecule has 1 amide bonds. The van der Waals surface area contributed by atoms with Crippen LogP contribution in [0.2, 0.25) is 10.0 Å². The van der Waals surface area contributed by atoms with Gasteiger partial charge in [0, 0.05) is 42.3 Å². The van der Waals surface area contributed by atoms with Crippen LogP contribution < -0.4 is 4.74 Å². The molecule has 0 aliphatic carbocycles. The normalized spacial score (nSPS) is 17.4. The van der Waals surface area contributed by atoms with Crippen molar-refractivity contribution in [2.24, 2.45) is 0 Å². The maximum atomic E-state index is 12.8. The maximum Gasteiger partial charge on any atom is 0.265 e. The number of benzene rings is 2. The zero-order valence-corrected chi connectivity index (χ0v) is 20.0. The molecule has 1 saturated heterocycles. The van der Waals surface area contributed by atoms with Gasteiger partial charge in [0.1, 0.15) is 5.75 Å². The number of rotatable bonds is 8. The van der Waals surface area contributed by atoms with Crippen LogP contribution in [-0.4, -0.2) is 66.7 Å². The largest absolute Gasteiger partial charge is 0.483 e. The van der Waals surface area contributed by atoms with Gasteiger partial charge in [-0.3, -0.25) is 14.2 Å². The van der Waals surface area contributed by atoms with E-state index in [9.17, 15) is 13.2 Å². The number of hydrogen-bond donors (Lipinski definition) is 1. The molecule has 1 aliphatic rings. The summed E-state index contributed by atoms with van der Waals surface area (Å²) in [6.45, 7) is 4.72. The second kappa shape index (κ2) is 10.9. The highest BCUT2D eigenvalue weighted by atomic mass is 35.5. The lowest BCUT2D eigenvalue weighted by Gasteiger charge is -2.40. The lowest BCUT2D eigenvalue weighted by molar-refractivity contribution is -0.138. The average molecular weight is 501 g/mol. The Morgan fingerprint density at radius 1 is 1.12 bits per heavy atom. The summed E-state index contributed by atoms with van der Waals surface area (Å²) in [5.74, 6) is -0.218. The fourth-order valence-electron chi connectivity index (χ4n) is 3.74. The van der Waals surface area contributed by atoms with Gasteiger partial charge in [0.2, 0.25) is 0 Å². The predicted molar refractivity (Wildman–Crippen MR) is 125 cm³/mol. The number of ether oxygens (including phenoxy) is 1. The van der Waals surface area contributed by atoms with Gasteiger partial charge in [0.25, 0.3) is 16.0 Å². The van der Waals surface area contributed by atoms with Crippen LogP contribution in [0.4, 0.5) is 0 Å². The van der Waals surface area contributed by atoms with E-state index >= 15 is 0 Å². The lowest BCUT2D eigenvalue weighted by Crippen LogP contribution is -2.54. The monoisotopic (exact) mass is 500 g/mol. The summed E-state index contributed by atoms with van der Waals surface area (Å²) in [6, 6.07) is 12.6. The molecule has 1 aliphatic heterocycles. The van der Waals surface area contributed by atoms with E-state index in [1.165, 1.54) is 5.56 Å². The molecule has 1 N–H and O–H groups in total. The summed E-state index contributed by atoms with van der Waals surface area (Å²) >= 11 is 11.9. The Labute approximate surface area is 198 Å². The van der Waals surface area contributed by atoms with Crippen molar-refractivity contribution in [2.45, 2.75) is 25.9 Å². The van der Waals surface area contributed by atoms with Crippen LogP contribution >= 0.6 is 23.2 Å². The molecule has 0 saturated carbocycles. The molecule has 7 nitrogen and oxygen atoms in total. The second-order valence-corrected chi connectivity index (χ2v) is 10.3. The molecule has 3 rings (SSSR count). The molecule has 0 aromatic heterocycles. The number of nitrogens with zero attached hydrogens (tertiary/aromatic N) is 2. The smallest absolute Gasteiger partial charge is 0.265 e. The molecule has 2 aromatic rings. The zero-order valence-electron chi connectivity index (χ0n) is 17.7. The lowest BCUT2D eigenvalue weighted by atomic mass is 10.1. The Hall–Kier alpha value is -1.84. The van der Waals surface area contributed by atoms with Crippen LogP contribution in [0.15, 0.2) is 42.5 Å². The molecule has 1 atom stereocenters. The summed E-state index contributed by atoms with van der Waals surface area (Å²) in [5.41, 5.74) is 1.69. The summed E-state index contributed by atoms with van der Waals surface area (Å²) in [6.07, 6.45) is 0.0304. The molecule has 2 aromatic carbocycles. The second-order valence-electron chi connectivity index (χ2n) is 7.87. The van der Waals surface area contributed by atoms with Crippen LogP contribution in [0.1, 0.15) is 18.1 Å². The number of carbonyl (C=O) groups excluding carboxylic acids is 1. The predicted octanol–water partition coefficient (Wildman–Crippen LogP) is 3.54. The van der Waals surface area contributed by atoms with E-state index in [0.717, 1.165) is 19.6 Å². The van der Waals surface area contributed by atoms with Crippen molar-refractivity contribution in [3.05, 3.63) is 63.6 Å². The number of piperazine rings is 1. The van der Waals surface area contributed by atoms with Crippen LogP contribution in [0.5, 0.6) is 5.75 Å². The highest BCUT2D eigenvalue weighted by Crippen LogP contribution is 2.24. The minimum atomic E-state index is -4.12. The number of halogens is 2. The van der Waals surface area contributed by atoms with Gasteiger partial charge in [-0.25, -0.2) is 0 Å². The van der Waals surface area contributed by atoms with Gasteiger partial charge in [-0.2, -0.15) is 8.42 Å². The Kier molecular flexibility index (Phi) is 8.41. The summed E-state index contributed by atoms with van der Waals surface area (Å²) < 4.78 is 36.9. The fraction of sp³-hybridized carbons (Fsp3) is 0.409. The van der Waals surface area contributed by atoms with Gasteiger partial charge in [0.05, 0.1) is 5.75 Å². The summed E-state index contributed by atoms with van der Waals surface area (Å²) in [7, 11) is -4.12. The zero-order chi connectivity index (χ0) is 23.3. The first-order chi connectivity index (χ1) is 15.1.